The van der Waals surface area contributed by atoms with Crippen LogP contribution in [0.2, 0.25) is 0 Å². The summed E-state index contributed by atoms with van der Waals surface area (Å²) in [5, 5.41) is 1.14. The van der Waals surface area contributed by atoms with Crippen LogP contribution in [-0.2, 0) is 4.74 Å². The van der Waals surface area contributed by atoms with E-state index in [1.54, 1.807) is 0 Å². The van der Waals surface area contributed by atoms with Crippen LogP contribution in [-0.4, -0.2) is 39.2 Å². The van der Waals surface area contributed by atoms with Crippen molar-refractivity contribution >= 4 is 32.9 Å². The van der Waals surface area contributed by atoms with Crippen molar-refractivity contribution in [3.05, 3.63) is 29.1 Å². The smallest absolute Gasteiger partial charge is 0.410 e. The molecule has 0 atom stereocenters. The first-order valence-corrected chi connectivity index (χ1v) is 8.73. The topological polar surface area (TPSA) is 47.4 Å². The minimum Gasteiger partial charge on any atom is -0.444 e. The van der Waals surface area contributed by atoms with Gasteiger partial charge in [-0.3, -0.25) is 0 Å². The van der Waals surface area contributed by atoms with E-state index in [4.69, 9.17) is 4.74 Å². The first-order chi connectivity index (χ1) is 10.8. The zero-order valence-electron chi connectivity index (χ0n) is 13.8. The van der Waals surface area contributed by atoms with E-state index in [-0.39, 0.29) is 6.09 Å². The van der Waals surface area contributed by atoms with E-state index in [0.29, 0.717) is 6.04 Å². The van der Waals surface area contributed by atoms with Gasteiger partial charge in [-0.1, -0.05) is 0 Å². The summed E-state index contributed by atoms with van der Waals surface area (Å²) in [6, 6.07) is 4.55. The molecule has 5 nitrogen and oxygen atoms in total. The van der Waals surface area contributed by atoms with Gasteiger partial charge in [-0.15, -0.1) is 0 Å². The lowest BCUT2D eigenvalue weighted by molar-refractivity contribution is 0.0190. The number of fused-ring (bicyclic) bond motifs is 1. The molecule has 1 fully saturated rings. The zero-order chi connectivity index (χ0) is 16.6. The summed E-state index contributed by atoms with van der Waals surface area (Å²) in [6.07, 6.45) is 5.66. The molecule has 3 heterocycles. The number of halogens is 1. The van der Waals surface area contributed by atoms with Crippen molar-refractivity contribution in [3.63, 3.8) is 0 Å². The second-order valence-corrected chi connectivity index (χ2v) is 7.80. The first kappa shape index (κ1) is 16.3. The molecule has 23 heavy (non-hydrogen) atoms. The Bertz CT molecular complexity index is 712. The van der Waals surface area contributed by atoms with Crippen molar-refractivity contribution < 1.29 is 9.53 Å². The van der Waals surface area contributed by atoms with E-state index in [2.05, 4.69) is 43.8 Å². The summed E-state index contributed by atoms with van der Waals surface area (Å²) in [5.41, 5.74) is 0.742. The first-order valence-electron chi connectivity index (χ1n) is 7.93. The van der Waals surface area contributed by atoms with E-state index in [1.165, 1.54) is 5.52 Å². The molecule has 0 radical (unpaired) electrons. The average Bonchev–Trinajstić information content (AvgIpc) is 2.88. The molecule has 0 spiro atoms. The van der Waals surface area contributed by atoms with Gasteiger partial charge in [-0.25, -0.2) is 9.78 Å². The standard InChI is InChI=1S/C17H22BrN3O2/c1-17(2,3)23-16(22)20-7-5-13(6-8-20)21-9-4-12-11-19-15(18)10-14(12)21/h4,9-11,13H,5-8H2,1-3H3. The highest BCUT2D eigenvalue weighted by molar-refractivity contribution is 9.10. The van der Waals surface area contributed by atoms with Gasteiger partial charge < -0.3 is 14.2 Å². The minimum atomic E-state index is -0.441. The average molecular weight is 380 g/mol. The Labute approximate surface area is 144 Å². The van der Waals surface area contributed by atoms with Gasteiger partial charge in [0.05, 0.1) is 5.52 Å². The molecular formula is C17H22BrN3O2. The highest BCUT2D eigenvalue weighted by atomic mass is 79.9. The molecule has 0 bridgehead atoms. The van der Waals surface area contributed by atoms with E-state index >= 15 is 0 Å². The summed E-state index contributed by atoms with van der Waals surface area (Å²) >= 11 is 3.44. The molecule has 124 valence electrons. The Balaban J connectivity index is 1.69. The van der Waals surface area contributed by atoms with Crippen molar-refractivity contribution in [3.8, 4) is 0 Å². The molecule has 0 unspecified atom stereocenters. The molecular weight excluding hydrogens is 358 g/mol. The van der Waals surface area contributed by atoms with E-state index in [1.807, 2.05) is 31.9 Å². The Kier molecular flexibility index (Phi) is 4.36. The third-order valence-electron chi connectivity index (χ3n) is 4.08. The number of pyridine rings is 1. The van der Waals surface area contributed by atoms with Crippen molar-refractivity contribution in [2.24, 2.45) is 0 Å². The number of carbonyl (C=O) groups is 1. The predicted octanol–water partition coefficient (Wildman–Crippen LogP) is 4.37. The van der Waals surface area contributed by atoms with Crippen molar-refractivity contribution in [2.45, 2.75) is 45.3 Å². The maximum absolute atomic E-state index is 12.1. The van der Waals surface area contributed by atoms with Crippen LogP contribution in [0.4, 0.5) is 4.79 Å². The van der Waals surface area contributed by atoms with Gasteiger partial charge in [0, 0.05) is 36.9 Å². The normalized spacial score (nSPS) is 16.8. The molecule has 3 rings (SSSR count). The number of carbonyl (C=O) groups excluding carboxylic acids is 1. The van der Waals surface area contributed by atoms with Crippen molar-refractivity contribution in [1.29, 1.82) is 0 Å². The number of aromatic nitrogens is 2. The molecule has 6 heteroatoms. The molecule has 2 aromatic heterocycles. The quantitative estimate of drug-likeness (QED) is 0.691. The molecule has 2 aromatic rings. The molecule has 0 saturated carbocycles. The van der Waals surface area contributed by atoms with Gasteiger partial charge in [0.1, 0.15) is 10.2 Å². The van der Waals surface area contributed by atoms with Crippen molar-refractivity contribution in [2.75, 3.05) is 13.1 Å². The lowest BCUT2D eigenvalue weighted by Crippen LogP contribution is -2.42. The Morgan fingerprint density at radius 1 is 1.35 bits per heavy atom. The third-order valence-corrected chi connectivity index (χ3v) is 4.51. The van der Waals surface area contributed by atoms with Gasteiger partial charge in [0.15, 0.2) is 0 Å². The molecule has 0 aliphatic carbocycles. The number of ether oxygens (including phenoxy) is 1. The van der Waals surface area contributed by atoms with Crippen LogP contribution in [0.5, 0.6) is 0 Å². The fourth-order valence-corrected chi connectivity index (χ4v) is 3.31. The van der Waals surface area contributed by atoms with Crippen LogP contribution >= 0.6 is 15.9 Å². The van der Waals surface area contributed by atoms with Crippen LogP contribution in [0.25, 0.3) is 10.9 Å². The molecule has 0 N–H and O–H groups in total. The SMILES string of the molecule is CC(C)(C)OC(=O)N1CCC(n2ccc3cnc(Br)cc32)CC1. The molecule has 0 aromatic carbocycles. The van der Waals surface area contributed by atoms with Gasteiger partial charge in [0.2, 0.25) is 0 Å². The Hall–Kier alpha value is -1.56. The molecule has 1 aliphatic heterocycles. The highest BCUT2D eigenvalue weighted by Crippen LogP contribution is 2.29. The van der Waals surface area contributed by atoms with Crippen LogP contribution in [0, 0.1) is 0 Å². The van der Waals surface area contributed by atoms with Crippen LogP contribution in [0.1, 0.15) is 39.7 Å². The van der Waals surface area contributed by atoms with Gasteiger partial charge in [0.25, 0.3) is 0 Å². The number of likely N-dealkylation sites (tertiary alicyclic amines) is 1. The van der Waals surface area contributed by atoms with E-state index < -0.39 is 5.60 Å². The minimum absolute atomic E-state index is 0.208. The summed E-state index contributed by atoms with van der Waals surface area (Å²) in [6.45, 7) is 7.15. The van der Waals surface area contributed by atoms with Gasteiger partial charge >= 0.3 is 6.09 Å². The maximum Gasteiger partial charge on any atom is 0.410 e. The second-order valence-electron chi connectivity index (χ2n) is 6.99. The monoisotopic (exact) mass is 379 g/mol. The lowest BCUT2D eigenvalue weighted by atomic mass is 10.1. The summed E-state index contributed by atoms with van der Waals surface area (Å²) in [7, 11) is 0. The number of hydrogen-bond acceptors (Lipinski definition) is 3. The maximum atomic E-state index is 12.1. The zero-order valence-corrected chi connectivity index (χ0v) is 15.3. The lowest BCUT2D eigenvalue weighted by Gasteiger charge is -2.34. The predicted molar refractivity (Wildman–Crippen MR) is 93.5 cm³/mol. The molecule has 1 saturated heterocycles. The number of amides is 1. The summed E-state index contributed by atoms with van der Waals surface area (Å²) in [5.74, 6) is 0. The molecule has 1 aliphatic rings. The Morgan fingerprint density at radius 3 is 2.70 bits per heavy atom. The largest absolute Gasteiger partial charge is 0.444 e. The second kappa shape index (κ2) is 6.15. The fourth-order valence-electron chi connectivity index (χ4n) is 3.00. The Morgan fingerprint density at radius 2 is 2.04 bits per heavy atom. The third kappa shape index (κ3) is 3.68. The summed E-state index contributed by atoms with van der Waals surface area (Å²) < 4.78 is 8.60. The van der Waals surface area contributed by atoms with Crippen LogP contribution in [0.15, 0.2) is 29.1 Å². The number of rotatable bonds is 1. The van der Waals surface area contributed by atoms with Gasteiger partial charge in [-0.2, -0.15) is 0 Å². The number of hydrogen-bond donors (Lipinski definition) is 0. The van der Waals surface area contributed by atoms with Gasteiger partial charge in [-0.05, 0) is 61.7 Å². The van der Waals surface area contributed by atoms with Crippen molar-refractivity contribution in [1.82, 2.24) is 14.5 Å². The van der Waals surface area contributed by atoms with E-state index in [0.717, 1.165) is 35.9 Å². The van der Waals surface area contributed by atoms with Crippen LogP contribution < -0.4 is 0 Å². The summed E-state index contributed by atoms with van der Waals surface area (Å²) in [4.78, 5) is 18.2. The number of piperidine rings is 1. The number of nitrogens with zero attached hydrogens (tertiary/aromatic N) is 3. The molecule has 1 amide bonds. The van der Waals surface area contributed by atoms with E-state index in [9.17, 15) is 4.79 Å². The van der Waals surface area contributed by atoms with Crippen LogP contribution in [0.3, 0.4) is 0 Å². The fraction of sp³-hybridized carbons (Fsp3) is 0.529. The highest BCUT2D eigenvalue weighted by Gasteiger charge is 2.27.